The fraction of sp³-hybridized carbons (Fsp3) is 0.606. The Kier molecular flexibility index (Phi) is 8.30. The van der Waals surface area contributed by atoms with Crippen molar-refractivity contribution in [3.05, 3.63) is 65.0 Å². The van der Waals surface area contributed by atoms with Gasteiger partial charge in [-0.3, -0.25) is 4.79 Å². The fourth-order valence-corrected chi connectivity index (χ4v) is 6.54. The number of benzene rings is 2. The number of alkyl halides is 2. The van der Waals surface area contributed by atoms with E-state index in [9.17, 15) is 13.6 Å². The number of carbonyl (C=O) groups excluding carboxylic acids is 1. The Morgan fingerprint density at radius 3 is 2.26 bits per heavy atom. The first kappa shape index (κ1) is 28.0. The van der Waals surface area contributed by atoms with Crippen molar-refractivity contribution in [2.45, 2.75) is 115 Å². The van der Waals surface area contributed by atoms with E-state index in [1.165, 1.54) is 0 Å². The number of hydrogen-bond donors (Lipinski definition) is 1. The van der Waals surface area contributed by atoms with E-state index in [2.05, 4.69) is 12.2 Å². The largest absolute Gasteiger partial charge is 0.490 e. The number of nitrogens with one attached hydrogen (secondary N) is 1. The van der Waals surface area contributed by atoms with Gasteiger partial charge in [0, 0.05) is 18.3 Å². The maximum Gasteiger partial charge on any atom is 0.248 e. The predicted molar refractivity (Wildman–Crippen MR) is 148 cm³/mol. The molecule has 39 heavy (non-hydrogen) atoms. The average Bonchev–Trinajstić information content (AvgIpc) is 3.73. The maximum absolute atomic E-state index is 15.4. The first-order valence-electron chi connectivity index (χ1n) is 14.9. The second-order valence-electron chi connectivity index (χ2n) is 12.3. The van der Waals surface area contributed by atoms with E-state index in [0.29, 0.717) is 30.7 Å². The Bertz CT molecular complexity index is 1130. The minimum absolute atomic E-state index is 0.0380. The van der Waals surface area contributed by atoms with Crippen molar-refractivity contribution >= 4 is 5.91 Å². The minimum Gasteiger partial charge on any atom is -0.490 e. The molecule has 0 aliphatic heterocycles. The van der Waals surface area contributed by atoms with E-state index >= 15 is 4.39 Å². The molecule has 1 unspecified atom stereocenters. The smallest absolute Gasteiger partial charge is 0.248 e. The van der Waals surface area contributed by atoms with Crippen LogP contribution in [0.15, 0.2) is 42.5 Å². The van der Waals surface area contributed by atoms with Crippen LogP contribution in [0.1, 0.15) is 113 Å². The summed E-state index contributed by atoms with van der Waals surface area (Å²) < 4.78 is 48.8. The van der Waals surface area contributed by atoms with Crippen molar-refractivity contribution in [2.75, 3.05) is 0 Å². The van der Waals surface area contributed by atoms with Gasteiger partial charge in [0.25, 0.3) is 0 Å². The molecule has 0 spiro atoms. The standard InChI is InChI=1S/C33H42F3NO2/c1-3-32(19-20-32)31(38)37-22(2)24-9-13-28(14-10-24)39-27-11-7-23(8-12-27)21-26-5-4-6-29(30(26)34)25-15-17-33(35,36)18-16-25/h4-6,9-10,13-14,22-23,25,27H,3,7-8,11-12,15-21H2,1-2H3,(H,37,38). The summed E-state index contributed by atoms with van der Waals surface area (Å²) in [6.07, 6.45) is 7.91. The molecule has 6 heteroatoms. The fourth-order valence-electron chi connectivity index (χ4n) is 6.54. The first-order valence-corrected chi connectivity index (χ1v) is 14.9. The zero-order chi connectivity index (χ0) is 27.6. The van der Waals surface area contributed by atoms with Gasteiger partial charge in [-0.15, -0.1) is 0 Å². The van der Waals surface area contributed by atoms with Gasteiger partial charge in [-0.1, -0.05) is 37.3 Å². The first-order chi connectivity index (χ1) is 18.7. The molecule has 1 atom stereocenters. The summed E-state index contributed by atoms with van der Waals surface area (Å²) >= 11 is 0. The molecule has 1 N–H and O–H groups in total. The van der Waals surface area contributed by atoms with Gasteiger partial charge >= 0.3 is 0 Å². The molecule has 3 saturated carbocycles. The summed E-state index contributed by atoms with van der Waals surface area (Å²) in [5.41, 5.74) is 2.27. The lowest BCUT2D eigenvalue weighted by molar-refractivity contribution is -0.127. The van der Waals surface area contributed by atoms with E-state index in [-0.39, 0.29) is 48.0 Å². The molecule has 3 aliphatic rings. The quantitative estimate of drug-likeness (QED) is 0.345. The Morgan fingerprint density at radius 2 is 1.64 bits per heavy atom. The highest BCUT2D eigenvalue weighted by Crippen LogP contribution is 2.49. The molecular weight excluding hydrogens is 499 g/mol. The van der Waals surface area contributed by atoms with Gasteiger partial charge in [-0.05, 0) is 112 Å². The molecule has 0 heterocycles. The Hall–Kier alpha value is -2.50. The minimum atomic E-state index is -2.60. The number of carbonyl (C=O) groups is 1. The van der Waals surface area contributed by atoms with Crippen molar-refractivity contribution in [3.63, 3.8) is 0 Å². The highest BCUT2D eigenvalue weighted by molar-refractivity contribution is 5.85. The molecular formula is C33H42F3NO2. The summed E-state index contributed by atoms with van der Waals surface area (Å²) in [5, 5.41) is 3.17. The van der Waals surface area contributed by atoms with Crippen LogP contribution >= 0.6 is 0 Å². The lowest BCUT2D eigenvalue weighted by atomic mass is 9.79. The SMILES string of the molecule is CCC1(C(=O)NC(C)c2ccc(OC3CCC(Cc4cccc(C5CCC(F)(F)CC5)c4F)CC3)cc2)CC1. The summed E-state index contributed by atoms with van der Waals surface area (Å²) in [7, 11) is 0. The highest BCUT2D eigenvalue weighted by atomic mass is 19.3. The van der Waals surface area contributed by atoms with Gasteiger partial charge in [-0.25, -0.2) is 13.2 Å². The summed E-state index contributed by atoms with van der Waals surface area (Å²) in [6, 6.07) is 13.5. The zero-order valence-electron chi connectivity index (χ0n) is 23.3. The topological polar surface area (TPSA) is 38.3 Å². The molecule has 2 aromatic carbocycles. The van der Waals surface area contributed by atoms with Gasteiger partial charge in [0.05, 0.1) is 12.1 Å². The second-order valence-corrected chi connectivity index (χ2v) is 12.3. The van der Waals surface area contributed by atoms with Crippen LogP contribution < -0.4 is 10.1 Å². The van der Waals surface area contributed by atoms with E-state index < -0.39 is 5.92 Å². The summed E-state index contributed by atoms with van der Waals surface area (Å²) in [6.45, 7) is 4.10. The van der Waals surface area contributed by atoms with Crippen LogP contribution in [0.3, 0.4) is 0 Å². The predicted octanol–water partition coefficient (Wildman–Crippen LogP) is 8.67. The number of rotatable bonds is 9. The van der Waals surface area contributed by atoms with Crippen LogP contribution in [-0.2, 0) is 11.2 Å². The number of ether oxygens (including phenoxy) is 1. The third-order valence-corrected chi connectivity index (χ3v) is 9.61. The van der Waals surface area contributed by atoms with Gasteiger partial charge in [0.15, 0.2) is 0 Å². The molecule has 212 valence electrons. The molecule has 0 aromatic heterocycles. The third kappa shape index (κ3) is 6.63. The molecule has 3 nitrogen and oxygen atoms in total. The van der Waals surface area contributed by atoms with E-state index in [4.69, 9.17) is 4.74 Å². The van der Waals surface area contributed by atoms with E-state index in [0.717, 1.165) is 61.8 Å². The molecule has 0 saturated heterocycles. The maximum atomic E-state index is 15.4. The summed E-state index contributed by atoms with van der Waals surface area (Å²) in [4.78, 5) is 12.6. The van der Waals surface area contributed by atoms with Crippen LogP contribution in [0.25, 0.3) is 0 Å². The molecule has 5 rings (SSSR count). The van der Waals surface area contributed by atoms with Crippen LogP contribution in [0.5, 0.6) is 5.75 Å². The van der Waals surface area contributed by atoms with Crippen molar-refractivity contribution < 1.29 is 22.7 Å². The normalized spacial score (nSPS) is 25.1. The molecule has 3 fully saturated rings. The van der Waals surface area contributed by atoms with Crippen LogP contribution in [0, 0.1) is 17.2 Å². The van der Waals surface area contributed by atoms with Gasteiger partial charge in [0.1, 0.15) is 11.6 Å². The second kappa shape index (κ2) is 11.5. The number of halogens is 3. The van der Waals surface area contributed by atoms with Gasteiger partial charge in [0.2, 0.25) is 11.8 Å². The molecule has 2 aromatic rings. The zero-order valence-corrected chi connectivity index (χ0v) is 23.3. The lowest BCUT2D eigenvalue weighted by Crippen LogP contribution is -2.33. The monoisotopic (exact) mass is 541 g/mol. The Morgan fingerprint density at radius 1 is 0.974 bits per heavy atom. The number of hydrogen-bond acceptors (Lipinski definition) is 2. The lowest BCUT2D eigenvalue weighted by Gasteiger charge is -2.30. The van der Waals surface area contributed by atoms with Crippen LogP contribution in [0.2, 0.25) is 0 Å². The molecule has 3 aliphatic carbocycles. The number of amides is 1. The van der Waals surface area contributed by atoms with E-state index in [1.54, 1.807) is 6.07 Å². The highest BCUT2D eigenvalue weighted by Gasteiger charge is 2.48. The average molecular weight is 542 g/mol. The van der Waals surface area contributed by atoms with Crippen LogP contribution in [0.4, 0.5) is 13.2 Å². The van der Waals surface area contributed by atoms with Crippen molar-refractivity contribution in [1.82, 2.24) is 5.32 Å². The molecule has 0 radical (unpaired) electrons. The molecule has 1 amide bonds. The molecule has 0 bridgehead atoms. The van der Waals surface area contributed by atoms with Gasteiger partial charge in [-0.2, -0.15) is 0 Å². The van der Waals surface area contributed by atoms with Crippen LogP contribution in [-0.4, -0.2) is 17.9 Å². The Labute approximate surface area is 230 Å². The van der Waals surface area contributed by atoms with Crippen molar-refractivity contribution in [2.24, 2.45) is 11.3 Å². The van der Waals surface area contributed by atoms with Crippen molar-refractivity contribution in [1.29, 1.82) is 0 Å². The van der Waals surface area contributed by atoms with Crippen molar-refractivity contribution in [3.8, 4) is 5.75 Å². The third-order valence-electron chi connectivity index (χ3n) is 9.61. The van der Waals surface area contributed by atoms with Gasteiger partial charge < -0.3 is 10.1 Å². The Balaban J connectivity index is 1.09. The van der Waals surface area contributed by atoms with E-state index in [1.807, 2.05) is 43.3 Å². The summed E-state index contributed by atoms with van der Waals surface area (Å²) in [5.74, 6) is -1.49.